The highest BCUT2D eigenvalue weighted by Crippen LogP contribution is 2.28. The van der Waals surface area contributed by atoms with Crippen molar-refractivity contribution >= 4 is 11.6 Å². The van der Waals surface area contributed by atoms with E-state index in [0.717, 1.165) is 22.6 Å². The van der Waals surface area contributed by atoms with Crippen molar-refractivity contribution in [1.82, 2.24) is 5.32 Å². The van der Waals surface area contributed by atoms with Gasteiger partial charge in [0.05, 0.1) is 0 Å². The van der Waals surface area contributed by atoms with Crippen LogP contribution in [0.5, 0.6) is 11.5 Å². The van der Waals surface area contributed by atoms with Crippen LogP contribution >= 0.6 is 11.6 Å². The summed E-state index contributed by atoms with van der Waals surface area (Å²) in [5.41, 5.74) is 2.01. The van der Waals surface area contributed by atoms with Crippen molar-refractivity contribution in [2.75, 3.05) is 0 Å². The number of aromatic hydroxyl groups is 2. The Morgan fingerprint density at radius 2 is 1.57 bits per heavy atom. The molecule has 0 aliphatic heterocycles. The highest BCUT2D eigenvalue weighted by atomic mass is 35.5. The van der Waals surface area contributed by atoms with Crippen LogP contribution in [0.15, 0.2) is 42.5 Å². The third-order valence-corrected chi connectivity index (χ3v) is 3.81. The van der Waals surface area contributed by atoms with Crippen LogP contribution in [0.4, 0.5) is 0 Å². The molecule has 2 atom stereocenters. The van der Waals surface area contributed by atoms with Gasteiger partial charge in [-0.3, -0.25) is 0 Å². The summed E-state index contributed by atoms with van der Waals surface area (Å²) in [6.45, 7) is 4.12. The van der Waals surface area contributed by atoms with Gasteiger partial charge in [-0.05, 0) is 48.7 Å². The molecule has 0 fully saturated rings. The Bertz CT molecular complexity index is 578. The van der Waals surface area contributed by atoms with Crippen molar-refractivity contribution in [3.63, 3.8) is 0 Å². The van der Waals surface area contributed by atoms with Crippen LogP contribution < -0.4 is 5.32 Å². The fraction of sp³-hybridized carbons (Fsp3) is 0.294. The molecule has 0 heterocycles. The van der Waals surface area contributed by atoms with E-state index in [-0.39, 0.29) is 23.6 Å². The first-order valence-corrected chi connectivity index (χ1v) is 7.41. The summed E-state index contributed by atoms with van der Waals surface area (Å²) < 4.78 is 0. The first-order chi connectivity index (χ1) is 9.99. The lowest BCUT2D eigenvalue weighted by Gasteiger charge is -2.23. The average molecular weight is 306 g/mol. The number of nitrogens with one attached hydrogen (secondary N) is 1. The van der Waals surface area contributed by atoms with Crippen LogP contribution in [0, 0.1) is 0 Å². The Kier molecular flexibility index (Phi) is 5.10. The van der Waals surface area contributed by atoms with Crippen LogP contribution in [-0.2, 0) is 0 Å². The molecule has 112 valence electrons. The van der Waals surface area contributed by atoms with Crippen LogP contribution in [0.25, 0.3) is 0 Å². The molecule has 0 spiro atoms. The zero-order valence-electron chi connectivity index (χ0n) is 12.2. The number of halogens is 1. The quantitative estimate of drug-likeness (QED) is 0.759. The smallest absolute Gasteiger partial charge is 0.119 e. The highest BCUT2D eigenvalue weighted by Gasteiger charge is 2.15. The van der Waals surface area contributed by atoms with Gasteiger partial charge in [-0.1, -0.05) is 30.7 Å². The Morgan fingerprint density at radius 1 is 1.00 bits per heavy atom. The second-order valence-electron chi connectivity index (χ2n) is 5.18. The molecule has 2 aromatic rings. The van der Waals surface area contributed by atoms with E-state index in [9.17, 15) is 10.2 Å². The van der Waals surface area contributed by atoms with Crippen molar-refractivity contribution in [3.05, 3.63) is 58.6 Å². The molecule has 2 aromatic carbocycles. The highest BCUT2D eigenvalue weighted by molar-refractivity contribution is 6.30. The molecule has 2 rings (SSSR count). The molecule has 21 heavy (non-hydrogen) atoms. The van der Waals surface area contributed by atoms with Gasteiger partial charge in [-0.15, -0.1) is 0 Å². The molecule has 0 saturated heterocycles. The lowest BCUT2D eigenvalue weighted by Crippen LogP contribution is -2.24. The molecule has 0 aromatic heterocycles. The van der Waals surface area contributed by atoms with E-state index in [1.165, 1.54) is 6.07 Å². The third kappa shape index (κ3) is 4.13. The van der Waals surface area contributed by atoms with Gasteiger partial charge in [0.1, 0.15) is 11.5 Å². The van der Waals surface area contributed by atoms with E-state index < -0.39 is 0 Å². The van der Waals surface area contributed by atoms with E-state index in [2.05, 4.69) is 12.2 Å². The molecule has 2 unspecified atom stereocenters. The number of rotatable bonds is 5. The number of phenols is 2. The van der Waals surface area contributed by atoms with Gasteiger partial charge < -0.3 is 15.5 Å². The number of hydrogen-bond donors (Lipinski definition) is 3. The standard InChI is InChI=1S/C17H20ClNO2/c1-3-17(12-4-6-14(18)7-5-12)19-11(2)13-8-15(20)10-16(21)9-13/h4-11,17,19-21H,3H2,1-2H3. The average Bonchev–Trinajstić information content (AvgIpc) is 2.44. The van der Waals surface area contributed by atoms with Gasteiger partial charge in [-0.25, -0.2) is 0 Å². The Balaban J connectivity index is 2.15. The SMILES string of the molecule is CCC(NC(C)c1cc(O)cc(O)c1)c1ccc(Cl)cc1. The molecule has 0 radical (unpaired) electrons. The van der Waals surface area contributed by atoms with Gasteiger partial charge in [0.25, 0.3) is 0 Å². The van der Waals surface area contributed by atoms with E-state index in [4.69, 9.17) is 11.6 Å². The van der Waals surface area contributed by atoms with Crippen molar-refractivity contribution < 1.29 is 10.2 Å². The fourth-order valence-electron chi connectivity index (χ4n) is 2.41. The Hall–Kier alpha value is -1.71. The summed E-state index contributed by atoms with van der Waals surface area (Å²) in [7, 11) is 0. The fourth-order valence-corrected chi connectivity index (χ4v) is 2.54. The summed E-state index contributed by atoms with van der Waals surface area (Å²) in [4.78, 5) is 0. The monoisotopic (exact) mass is 305 g/mol. The molecule has 0 amide bonds. The van der Waals surface area contributed by atoms with Gasteiger partial charge in [-0.2, -0.15) is 0 Å². The topological polar surface area (TPSA) is 52.5 Å². The summed E-state index contributed by atoms with van der Waals surface area (Å²) in [6, 6.07) is 12.6. The zero-order valence-corrected chi connectivity index (χ0v) is 12.9. The van der Waals surface area contributed by atoms with Gasteiger partial charge in [0.2, 0.25) is 0 Å². The van der Waals surface area contributed by atoms with Gasteiger partial charge in [0, 0.05) is 23.2 Å². The maximum atomic E-state index is 9.58. The van der Waals surface area contributed by atoms with Gasteiger partial charge >= 0.3 is 0 Å². The maximum absolute atomic E-state index is 9.58. The van der Waals surface area contributed by atoms with E-state index in [1.807, 2.05) is 31.2 Å². The van der Waals surface area contributed by atoms with Crippen molar-refractivity contribution in [3.8, 4) is 11.5 Å². The van der Waals surface area contributed by atoms with Crippen LogP contribution in [0.3, 0.4) is 0 Å². The molecule has 0 aliphatic rings. The Morgan fingerprint density at radius 3 is 2.10 bits per heavy atom. The van der Waals surface area contributed by atoms with E-state index >= 15 is 0 Å². The molecular weight excluding hydrogens is 286 g/mol. The molecule has 3 N–H and O–H groups in total. The maximum Gasteiger partial charge on any atom is 0.119 e. The minimum atomic E-state index is 0.00336. The first-order valence-electron chi connectivity index (χ1n) is 7.04. The van der Waals surface area contributed by atoms with Crippen LogP contribution in [-0.4, -0.2) is 10.2 Å². The largest absolute Gasteiger partial charge is 0.508 e. The minimum Gasteiger partial charge on any atom is -0.508 e. The summed E-state index contributed by atoms with van der Waals surface area (Å²) in [5, 5.41) is 23.4. The number of hydrogen-bond acceptors (Lipinski definition) is 3. The molecule has 0 bridgehead atoms. The van der Waals surface area contributed by atoms with Gasteiger partial charge in [0.15, 0.2) is 0 Å². The first kappa shape index (κ1) is 15.7. The molecule has 4 heteroatoms. The predicted molar refractivity (Wildman–Crippen MR) is 85.8 cm³/mol. The second kappa shape index (κ2) is 6.83. The summed E-state index contributed by atoms with van der Waals surface area (Å²) in [5.74, 6) is 0.136. The van der Waals surface area contributed by atoms with Crippen LogP contribution in [0.2, 0.25) is 5.02 Å². The van der Waals surface area contributed by atoms with E-state index in [1.54, 1.807) is 12.1 Å². The normalized spacial score (nSPS) is 13.9. The molecule has 3 nitrogen and oxygen atoms in total. The van der Waals surface area contributed by atoms with Crippen molar-refractivity contribution in [2.24, 2.45) is 0 Å². The predicted octanol–water partition coefficient (Wildman–Crippen LogP) is 4.55. The lowest BCUT2D eigenvalue weighted by molar-refractivity contribution is 0.434. The summed E-state index contributed by atoms with van der Waals surface area (Å²) >= 11 is 5.92. The molecular formula is C17H20ClNO2. The summed E-state index contributed by atoms with van der Waals surface area (Å²) in [6.07, 6.45) is 0.927. The zero-order chi connectivity index (χ0) is 15.4. The third-order valence-electron chi connectivity index (χ3n) is 3.56. The molecule has 0 aliphatic carbocycles. The van der Waals surface area contributed by atoms with E-state index in [0.29, 0.717) is 0 Å². The Labute approximate surface area is 130 Å². The van der Waals surface area contributed by atoms with Crippen molar-refractivity contribution in [1.29, 1.82) is 0 Å². The van der Waals surface area contributed by atoms with Crippen molar-refractivity contribution in [2.45, 2.75) is 32.4 Å². The second-order valence-corrected chi connectivity index (χ2v) is 5.62. The minimum absolute atomic E-state index is 0.00336. The number of phenolic OH excluding ortho intramolecular Hbond substituents is 2. The molecule has 0 saturated carbocycles. The van der Waals surface area contributed by atoms with Crippen LogP contribution in [0.1, 0.15) is 43.5 Å². The number of benzene rings is 2. The lowest BCUT2D eigenvalue weighted by atomic mass is 10.0.